The van der Waals surface area contributed by atoms with Crippen molar-refractivity contribution in [3.05, 3.63) is 46.8 Å². The van der Waals surface area contributed by atoms with Crippen molar-refractivity contribution in [3.8, 4) is 0 Å². The average molecular weight is 386 g/mol. The molecule has 1 aliphatic heterocycles. The molecule has 1 aromatic carbocycles. The smallest absolute Gasteiger partial charge is 0.252 e. The molecule has 1 aliphatic carbocycles. The fourth-order valence-electron chi connectivity index (χ4n) is 4.12. The third-order valence-corrected chi connectivity index (χ3v) is 6.41. The van der Waals surface area contributed by atoms with Crippen LogP contribution in [0.2, 0.25) is 0 Å². The molecule has 144 valence electrons. The predicted octanol–water partition coefficient (Wildman–Crippen LogP) is 4.11. The van der Waals surface area contributed by atoms with Crippen LogP contribution in [0.1, 0.15) is 66.0 Å². The van der Waals surface area contributed by atoms with E-state index in [1.807, 2.05) is 24.3 Å². The van der Waals surface area contributed by atoms with Crippen molar-refractivity contribution in [2.45, 2.75) is 63.1 Å². The molecule has 2 aliphatic rings. The maximum Gasteiger partial charge on any atom is 0.252 e. The van der Waals surface area contributed by atoms with E-state index in [1.165, 1.54) is 36.9 Å². The number of rotatable bonds is 6. The minimum atomic E-state index is -0.0348. The molecule has 1 saturated carbocycles. The molecule has 1 N–H and O–H groups in total. The first-order valence-corrected chi connectivity index (χ1v) is 10.9. The van der Waals surface area contributed by atoms with Gasteiger partial charge in [0.05, 0.1) is 37.1 Å². The summed E-state index contributed by atoms with van der Waals surface area (Å²) in [4.78, 5) is 13.8. The van der Waals surface area contributed by atoms with Gasteiger partial charge in [0.2, 0.25) is 0 Å². The molecule has 0 atom stereocenters. The second-order valence-corrected chi connectivity index (χ2v) is 8.48. The summed E-state index contributed by atoms with van der Waals surface area (Å²) in [6.07, 6.45) is 5.91. The molecule has 0 unspecified atom stereocenters. The Morgan fingerprint density at radius 1 is 1.33 bits per heavy atom. The highest BCUT2D eigenvalue weighted by Gasteiger charge is 2.27. The number of nitrogens with zero attached hydrogens (tertiary/aromatic N) is 2. The van der Waals surface area contributed by atoms with Gasteiger partial charge in [-0.2, -0.15) is 5.10 Å². The topological polar surface area (TPSA) is 56.2 Å². The average Bonchev–Trinajstić information content (AvgIpc) is 3.35. The number of hydrogen-bond acceptors (Lipinski definition) is 4. The van der Waals surface area contributed by atoms with Gasteiger partial charge < -0.3 is 10.1 Å². The van der Waals surface area contributed by atoms with E-state index >= 15 is 0 Å². The van der Waals surface area contributed by atoms with Crippen LogP contribution in [0.25, 0.3) is 0 Å². The number of carbonyl (C=O) groups excluding carboxylic acids is 1. The summed E-state index contributed by atoms with van der Waals surface area (Å²) in [5.41, 5.74) is 4.21. The zero-order valence-corrected chi connectivity index (χ0v) is 16.7. The van der Waals surface area contributed by atoms with Crippen LogP contribution in [0.3, 0.4) is 0 Å². The van der Waals surface area contributed by atoms with E-state index in [1.54, 1.807) is 11.8 Å². The van der Waals surface area contributed by atoms with Crippen LogP contribution in [0, 0.1) is 0 Å². The molecule has 27 heavy (non-hydrogen) atoms. The first-order valence-electron chi connectivity index (χ1n) is 9.94. The highest BCUT2D eigenvalue weighted by atomic mass is 32.2. The Kier molecular flexibility index (Phi) is 5.83. The largest absolute Gasteiger partial charge is 0.376 e. The standard InChI is InChI=1S/C21H27N3O2S/c1-2-27-20-10-6-5-9-16(20)21(25)22-13-18-17-14-26-12-11-19(17)24(23-18)15-7-3-4-8-15/h5-6,9-10,15H,2-4,7-8,11-14H2,1H3,(H,22,25). The first kappa shape index (κ1) is 18.6. The lowest BCUT2D eigenvalue weighted by atomic mass is 10.1. The van der Waals surface area contributed by atoms with Gasteiger partial charge in [0.15, 0.2) is 0 Å². The number of amides is 1. The van der Waals surface area contributed by atoms with Crippen LogP contribution < -0.4 is 5.32 Å². The van der Waals surface area contributed by atoms with Gasteiger partial charge in [-0.1, -0.05) is 31.9 Å². The minimum absolute atomic E-state index is 0.0348. The Balaban J connectivity index is 1.52. The van der Waals surface area contributed by atoms with Gasteiger partial charge >= 0.3 is 0 Å². The van der Waals surface area contributed by atoms with Crippen LogP contribution in [0.5, 0.6) is 0 Å². The van der Waals surface area contributed by atoms with Gasteiger partial charge in [0.25, 0.3) is 5.91 Å². The number of carbonyl (C=O) groups is 1. The molecule has 2 heterocycles. The fraction of sp³-hybridized carbons (Fsp3) is 0.524. The summed E-state index contributed by atoms with van der Waals surface area (Å²) in [6.45, 7) is 3.92. The number of fused-ring (bicyclic) bond motifs is 1. The third-order valence-electron chi connectivity index (χ3n) is 5.45. The maximum absolute atomic E-state index is 12.8. The third kappa shape index (κ3) is 3.92. The molecule has 0 bridgehead atoms. The number of hydrogen-bond donors (Lipinski definition) is 1. The summed E-state index contributed by atoms with van der Waals surface area (Å²) in [5.74, 6) is 0.911. The van der Waals surface area contributed by atoms with E-state index in [9.17, 15) is 4.79 Å². The lowest BCUT2D eigenvalue weighted by molar-refractivity contribution is 0.0944. The SMILES string of the molecule is CCSc1ccccc1C(=O)NCc1nn(C2CCCC2)c2c1COCC2. The lowest BCUT2D eigenvalue weighted by Gasteiger charge is -2.18. The van der Waals surface area contributed by atoms with Crippen LogP contribution in [-0.2, 0) is 24.3 Å². The number of ether oxygens (including phenoxy) is 1. The van der Waals surface area contributed by atoms with E-state index < -0.39 is 0 Å². The maximum atomic E-state index is 12.8. The van der Waals surface area contributed by atoms with Crippen LogP contribution >= 0.6 is 11.8 Å². The van der Waals surface area contributed by atoms with Gasteiger partial charge in [0.1, 0.15) is 0 Å². The predicted molar refractivity (Wildman–Crippen MR) is 107 cm³/mol. The highest BCUT2D eigenvalue weighted by molar-refractivity contribution is 7.99. The fourth-order valence-corrected chi connectivity index (χ4v) is 4.92. The van der Waals surface area contributed by atoms with Crippen molar-refractivity contribution < 1.29 is 9.53 Å². The molecule has 0 radical (unpaired) electrons. The second-order valence-electron chi connectivity index (χ2n) is 7.17. The van der Waals surface area contributed by atoms with Crippen LogP contribution in [0.4, 0.5) is 0 Å². The summed E-state index contributed by atoms with van der Waals surface area (Å²) in [7, 11) is 0. The van der Waals surface area contributed by atoms with Gasteiger partial charge in [-0.25, -0.2) is 0 Å². The summed E-state index contributed by atoms with van der Waals surface area (Å²) in [6, 6.07) is 8.31. The van der Waals surface area contributed by atoms with Crippen molar-refractivity contribution in [1.82, 2.24) is 15.1 Å². The van der Waals surface area contributed by atoms with E-state index in [0.29, 0.717) is 19.2 Å². The minimum Gasteiger partial charge on any atom is -0.376 e. The summed E-state index contributed by atoms with van der Waals surface area (Å²) in [5, 5.41) is 8.00. The second kappa shape index (κ2) is 8.48. The Labute approximate surface area is 164 Å². The van der Waals surface area contributed by atoms with E-state index in [-0.39, 0.29) is 5.91 Å². The summed E-state index contributed by atoms with van der Waals surface area (Å²) < 4.78 is 7.93. The molecule has 5 nitrogen and oxygen atoms in total. The monoisotopic (exact) mass is 385 g/mol. The normalized spacial score (nSPS) is 17.1. The molecule has 4 rings (SSSR count). The molecule has 6 heteroatoms. The van der Waals surface area contributed by atoms with Gasteiger partial charge in [-0.3, -0.25) is 9.48 Å². The van der Waals surface area contributed by atoms with Gasteiger partial charge in [-0.15, -0.1) is 11.8 Å². The summed E-state index contributed by atoms with van der Waals surface area (Å²) >= 11 is 1.70. The zero-order chi connectivity index (χ0) is 18.6. The van der Waals surface area contributed by atoms with Crippen LogP contribution in [0.15, 0.2) is 29.2 Å². The molecular weight excluding hydrogens is 358 g/mol. The molecule has 1 aromatic heterocycles. The van der Waals surface area contributed by atoms with Crippen molar-refractivity contribution >= 4 is 17.7 Å². The highest BCUT2D eigenvalue weighted by Crippen LogP contribution is 2.33. The zero-order valence-electron chi connectivity index (χ0n) is 15.9. The van der Waals surface area contributed by atoms with E-state index in [4.69, 9.17) is 9.84 Å². The Bertz CT molecular complexity index is 812. The van der Waals surface area contributed by atoms with E-state index in [0.717, 1.165) is 34.9 Å². The number of aromatic nitrogens is 2. The quantitative estimate of drug-likeness (QED) is 0.760. The van der Waals surface area contributed by atoms with Crippen LogP contribution in [-0.4, -0.2) is 28.0 Å². The van der Waals surface area contributed by atoms with Crippen molar-refractivity contribution in [3.63, 3.8) is 0 Å². The van der Waals surface area contributed by atoms with Crippen molar-refractivity contribution in [2.75, 3.05) is 12.4 Å². The van der Waals surface area contributed by atoms with Crippen molar-refractivity contribution in [1.29, 1.82) is 0 Å². The number of nitrogens with one attached hydrogen (secondary N) is 1. The number of benzene rings is 1. The molecule has 0 saturated heterocycles. The Morgan fingerprint density at radius 3 is 2.96 bits per heavy atom. The van der Waals surface area contributed by atoms with E-state index in [2.05, 4.69) is 16.9 Å². The molecule has 1 fully saturated rings. The molecule has 2 aromatic rings. The van der Waals surface area contributed by atoms with Crippen molar-refractivity contribution in [2.24, 2.45) is 0 Å². The van der Waals surface area contributed by atoms with Gasteiger partial charge in [0, 0.05) is 22.6 Å². The lowest BCUT2D eigenvalue weighted by Crippen LogP contribution is -2.24. The van der Waals surface area contributed by atoms with Gasteiger partial charge in [-0.05, 0) is 30.7 Å². The Morgan fingerprint density at radius 2 is 2.15 bits per heavy atom. The number of thioether (sulfide) groups is 1. The Hall–Kier alpha value is -1.79. The molecule has 0 spiro atoms. The molecule has 1 amide bonds. The first-order chi connectivity index (χ1) is 13.3. The molecular formula is C21H27N3O2S.